The average Bonchev–Trinajstić information content (AvgIpc) is 2.86. The largest absolute Gasteiger partial charge is 0.510 e. The van der Waals surface area contributed by atoms with Gasteiger partial charge in [0.05, 0.1) is 17.2 Å². The Morgan fingerprint density at radius 3 is 2.51 bits per heavy atom. The normalized spacial score (nSPS) is 29.0. The number of Topliss-reactive ketones (excluding diaryl/α,β-unsaturated/α-hetero) is 2. The van der Waals surface area contributed by atoms with Crippen LogP contribution in [0.2, 0.25) is 0 Å². The minimum atomic E-state index is -2.75. The predicted molar refractivity (Wildman–Crippen MR) is 132 cm³/mol. The number of phenolic OH excluding ortho intramolecular Hbond substituents is 1. The maximum absolute atomic E-state index is 13.7. The quantitative estimate of drug-likeness (QED) is 0.125. The molecule has 2 unspecified atom stereocenters. The summed E-state index contributed by atoms with van der Waals surface area (Å²) in [6.45, 7) is 0. The zero-order valence-corrected chi connectivity index (χ0v) is 19.9. The van der Waals surface area contributed by atoms with Crippen molar-refractivity contribution in [3.63, 3.8) is 0 Å². The summed E-state index contributed by atoms with van der Waals surface area (Å²) in [6.07, 6.45) is 5.90. The fourth-order valence-corrected chi connectivity index (χ4v) is 6.01. The van der Waals surface area contributed by atoms with Crippen LogP contribution in [0.25, 0.3) is 0 Å². The molecule has 4 aliphatic rings. The van der Waals surface area contributed by atoms with Gasteiger partial charge in [0.25, 0.3) is 5.91 Å². The Morgan fingerprint density at radius 1 is 1.14 bits per heavy atom. The third kappa shape index (κ3) is 3.46. The molecule has 10 heteroatoms. The first-order valence-corrected chi connectivity index (χ1v) is 12.1. The number of phenols is 1. The Morgan fingerprint density at radius 2 is 1.86 bits per heavy atom. The molecule has 10 nitrogen and oxygen atoms in total. The number of aromatic hydroxyl groups is 1. The predicted octanol–water partition coefficient (Wildman–Crippen LogP) is 0.952. The van der Waals surface area contributed by atoms with Gasteiger partial charge in [-0.25, -0.2) is 0 Å². The van der Waals surface area contributed by atoms with Crippen LogP contribution in [0.5, 0.6) is 5.75 Å². The molecule has 5 rings (SSSR count). The van der Waals surface area contributed by atoms with E-state index in [1.54, 1.807) is 0 Å². The molecule has 192 valence electrons. The van der Waals surface area contributed by atoms with Gasteiger partial charge < -0.3 is 37.6 Å². The van der Waals surface area contributed by atoms with E-state index < -0.39 is 63.8 Å². The van der Waals surface area contributed by atoms with E-state index >= 15 is 0 Å². The molecular weight excluding hydrogens is 478 g/mol. The van der Waals surface area contributed by atoms with Crippen molar-refractivity contribution in [2.45, 2.75) is 50.2 Å². The topological polar surface area (TPSA) is 210 Å². The summed E-state index contributed by atoms with van der Waals surface area (Å²) in [4.78, 5) is 38.6. The molecule has 10 N–H and O–H groups in total. The number of benzene rings is 1. The van der Waals surface area contributed by atoms with Crippen molar-refractivity contribution in [2.24, 2.45) is 23.3 Å². The van der Waals surface area contributed by atoms with Gasteiger partial charge in [0.1, 0.15) is 22.8 Å². The molecule has 0 saturated heterocycles. The number of rotatable bonds is 1. The van der Waals surface area contributed by atoms with Crippen LogP contribution in [-0.4, -0.2) is 49.5 Å². The zero-order chi connectivity index (χ0) is 26.8. The molecule has 0 heterocycles. The Bertz CT molecular complexity index is 1440. The fraction of sp³-hybridized carbons (Fsp3) is 0.370. The summed E-state index contributed by atoms with van der Waals surface area (Å²) in [5.41, 5.74) is 15.1. The lowest BCUT2D eigenvalue weighted by Gasteiger charge is -2.47. The van der Waals surface area contributed by atoms with Gasteiger partial charge in [-0.15, -0.1) is 0 Å². The van der Waals surface area contributed by atoms with Crippen molar-refractivity contribution in [3.8, 4) is 17.6 Å². The van der Waals surface area contributed by atoms with Crippen molar-refractivity contribution >= 4 is 23.2 Å². The first-order valence-electron chi connectivity index (χ1n) is 12.1. The standard InChI is InChI=1S/C27H27N3O7/c28-16-10-12(7-6-11-4-2-1-3-5-11)21(31)18-14(16)8-13-9-15-20(29)23(33)19(26(30)36)25(35)27(15,37)24(34)17(13)22(18)32/h4,10,13,15,20,31,33-34,37H,1-3,5,8-9,28-29H2,(H2,30,36)/t13?,15?,20-,27-/m0/s1. The number of primary amides is 1. The molecule has 4 aliphatic carbocycles. The molecule has 0 saturated carbocycles. The lowest BCUT2D eigenvalue weighted by molar-refractivity contribution is -0.145. The summed E-state index contributed by atoms with van der Waals surface area (Å²) in [5.74, 6) is -1.71. The van der Waals surface area contributed by atoms with E-state index in [-0.39, 0.29) is 35.2 Å². The monoisotopic (exact) mass is 505 g/mol. The van der Waals surface area contributed by atoms with Crippen molar-refractivity contribution in [1.29, 1.82) is 0 Å². The molecule has 0 radical (unpaired) electrons. The molecule has 1 amide bonds. The number of carbonyl (C=O) groups is 3. The van der Waals surface area contributed by atoms with Crippen molar-refractivity contribution < 1.29 is 34.8 Å². The number of hydrogen-bond donors (Lipinski definition) is 7. The van der Waals surface area contributed by atoms with Gasteiger partial charge in [-0.05, 0) is 61.6 Å². The molecule has 0 bridgehead atoms. The molecule has 0 aliphatic heterocycles. The maximum atomic E-state index is 13.7. The van der Waals surface area contributed by atoms with Crippen molar-refractivity contribution in [3.05, 3.63) is 57.1 Å². The average molecular weight is 506 g/mol. The number of nitrogen functional groups attached to an aromatic ring is 1. The van der Waals surface area contributed by atoms with Crippen molar-refractivity contribution in [2.75, 3.05) is 5.73 Å². The van der Waals surface area contributed by atoms with E-state index in [4.69, 9.17) is 17.2 Å². The number of allylic oxidation sites excluding steroid dienone is 3. The number of aliphatic hydroxyl groups is 3. The third-order valence-electron chi connectivity index (χ3n) is 7.94. The highest BCUT2D eigenvalue weighted by atomic mass is 16.3. The van der Waals surface area contributed by atoms with Gasteiger partial charge in [0, 0.05) is 17.2 Å². The smallest absolute Gasteiger partial charge is 0.255 e. The number of fused-ring (bicyclic) bond motifs is 3. The molecule has 37 heavy (non-hydrogen) atoms. The van der Waals surface area contributed by atoms with Crippen LogP contribution >= 0.6 is 0 Å². The summed E-state index contributed by atoms with van der Waals surface area (Å²) >= 11 is 0. The Kier molecular flexibility index (Phi) is 5.66. The highest BCUT2D eigenvalue weighted by molar-refractivity contribution is 6.24. The van der Waals surface area contributed by atoms with E-state index in [1.807, 2.05) is 6.08 Å². The molecular formula is C27H27N3O7. The number of nitrogens with two attached hydrogens (primary N) is 3. The molecule has 0 spiro atoms. The second kappa shape index (κ2) is 8.50. The van der Waals surface area contributed by atoms with Crippen LogP contribution < -0.4 is 17.2 Å². The maximum Gasteiger partial charge on any atom is 0.255 e. The van der Waals surface area contributed by atoms with E-state index in [2.05, 4.69) is 11.8 Å². The number of aliphatic hydroxyl groups excluding tert-OH is 2. The minimum Gasteiger partial charge on any atom is -0.510 e. The SMILES string of the molecule is NC(=O)C1=C(O)[C@@H](N)C2CC3Cc4c(N)cc(C#CC5=CCCCC5)c(O)c4C(=O)C3=C(O)[C@]2(O)C1=O. The van der Waals surface area contributed by atoms with Gasteiger partial charge in [-0.1, -0.05) is 17.9 Å². The first kappa shape index (κ1) is 24.6. The van der Waals surface area contributed by atoms with Crippen LogP contribution in [0.4, 0.5) is 5.69 Å². The number of carbonyl (C=O) groups excluding carboxylic acids is 3. The minimum absolute atomic E-state index is 0.0833. The summed E-state index contributed by atoms with van der Waals surface area (Å²) in [5, 5.41) is 43.9. The van der Waals surface area contributed by atoms with Crippen molar-refractivity contribution in [1.82, 2.24) is 0 Å². The number of hydrogen-bond acceptors (Lipinski definition) is 9. The third-order valence-corrected chi connectivity index (χ3v) is 7.94. The Hall–Kier alpha value is -4.07. The Labute approximate surface area is 212 Å². The molecule has 4 atom stereocenters. The summed E-state index contributed by atoms with van der Waals surface area (Å²) in [6, 6.07) is 0.0951. The number of ketones is 2. The summed E-state index contributed by atoms with van der Waals surface area (Å²) < 4.78 is 0. The van der Waals surface area contributed by atoms with E-state index in [0.717, 1.165) is 31.3 Å². The van der Waals surface area contributed by atoms with Gasteiger partial charge in [0.2, 0.25) is 5.78 Å². The van der Waals surface area contributed by atoms with Crippen LogP contribution in [0, 0.1) is 23.7 Å². The van der Waals surface area contributed by atoms with Gasteiger partial charge in [0.15, 0.2) is 11.4 Å². The van der Waals surface area contributed by atoms with Gasteiger partial charge >= 0.3 is 0 Å². The van der Waals surface area contributed by atoms with E-state index in [0.29, 0.717) is 5.56 Å². The zero-order valence-electron chi connectivity index (χ0n) is 19.9. The number of anilines is 1. The lowest BCUT2D eigenvalue weighted by atomic mass is 9.59. The first-order chi connectivity index (χ1) is 17.5. The Balaban J connectivity index is 1.64. The fourth-order valence-electron chi connectivity index (χ4n) is 6.01. The molecule has 1 aromatic carbocycles. The highest BCUT2D eigenvalue weighted by Gasteiger charge is 2.62. The van der Waals surface area contributed by atoms with E-state index in [9.17, 15) is 34.8 Å². The molecule has 0 aromatic heterocycles. The molecule has 1 aromatic rings. The van der Waals surface area contributed by atoms with Gasteiger partial charge in [-0.3, -0.25) is 14.4 Å². The van der Waals surface area contributed by atoms with E-state index in [1.165, 1.54) is 6.07 Å². The number of amides is 1. The van der Waals surface area contributed by atoms with Crippen LogP contribution in [-0.2, 0) is 16.0 Å². The van der Waals surface area contributed by atoms with Crippen LogP contribution in [0.15, 0.2) is 40.4 Å². The molecule has 0 fully saturated rings. The second-order valence-electron chi connectivity index (χ2n) is 10.0. The van der Waals surface area contributed by atoms with Gasteiger partial charge in [-0.2, -0.15) is 0 Å². The summed E-state index contributed by atoms with van der Waals surface area (Å²) in [7, 11) is 0. The second-order valence-corrected chi connectivity index (χ2v) is 10.0. The van der Waals surface area contributed by atoms with Crippen LogP contribution in [0.1, 0.15) is 53.6 Å². The lowest BCUT2D eigenvalue weighted by Crippen LogP contribution is -2.63. The highest BCUT2D eigenvalue weighted by Crippen LogP contribution is 2.52. The van der Waals surface area contributed by atoms with Crippen LogP contribution in [0.3, 0.4) is 0 Å².